The van der Waals surface area contributed by atoms with Crippen LogP contribution in [0.3, 0.4) is 0 Å². The Hall–Kier alpha value is -3.23. The first-order chi connectivity index (χ1) is 14.3. The van der Waals surface area contributed by atoms with Crippen molar-refractivity contribution in [1.29, 1.82) is 0 Å². The number of hydrogen-bond donors (Lipinski definition) is 2. The Morgan fingerprint density at radius 2 is 1.57 bits per heavy atom. The normalized spacial score (nSPS) is 11.1. The predicted octanol–water partition coefficient (Wildman–Crippen LogP) is 3.13. The van der Waals surface area contributed by atoms with Gasteiger partial charge in [0.05, 0.1) is 11.9 Å². The van der Waals surface area contributed by atoms with E-state index in [1.165, 1.54) is 5.56 Å². The summed E-state index contributed by atoms with van der Waals surface area (Å²) in [6.45, 7) is 2.31. The summed E-state index contributed by atoms with van der Waals surface area (Å²) in [6, 6.07) is 20.4. The highest BCUT2D eigenvalue weighted by Crippen LogP contribution is 2.25. The number of benzene rings is 2. The second-order valence-corrected chi connectivity index (χ2v) is 8.60. The Morgan fingerprint density at radius 3 is 2.20 bits per heavy atom. The molecule has 0 fully saturated rings. The average molecular weight is 426 g/mol. The molecule has 0 saturated heterocycles. The van der Waals surface area contributed by atoms with Gasteiger partial charge >= 0.3 is 0 Å². The highest BCUT2D eigenvalue weighted by molar-refractivity contribution is 7.88. The van der Waals surface area contributed by atoms with Crippen molar-refractivity contribution < 1.29 is 17.9 Å². The standard InChI is InChI=1S/C22H23N3O4S/c1-16-6-10-18(11-7-16)29-19-12-8-17(9-13-19)20-4-3-5-21(25-20)22(26)23-14-15-24-30(2,27)28/h3-13,24H,14-15H2,1-2H3,(H,23,26). The van der Waals surface area contributed by atoms with Gasteiger partial charge in [-0.25, -0.2) is 18.1 Å². The molecule has 0 radical (unpaired) electrons. The Bertz CT molecular complexity index is 1110. The van der Waals surface area contributed by atoms with Crippen LogP contribution < -0.4 is 14.8 Å². The van der Waals surface area contributed by atoms with Gasteiger partial charge < -0.3 is 10.1 Å². The van der Waals surface area contributed by atoms with Gasteiger partial charge in [0.15, 0.2) is 0 Å². The molecule has 156 valence electrons. The summed E-state index contributed by atoms with van der Waals surface area (Å²) in [7, 11) is -3.28. The molecule has 0 saturated carbocycles. The van der Waals surface area contributed by atoms with Crippen molar-refractivity contribution in [3.05, 3.63) is 78.0 Å². The molecule has 1 heterocycles. The molecule has 3 aromatic rings. The summed E-state index contributed by atoms with van der Waals surface area (Å²) >= 11 is 0. The van der Waals surface area contributed by atoms with Gasteiger partial charge in [-0.1, -0.05) is 23.8 Å². The lowest BCUT2D eigenvalue weighted by Crippen LogP contribution is -2.34. The summed E-state index contributed by atoms with van der Waals surface area (Å²) < 4.78 is 30.2. The Morgan fingerprint density at radius 1 is 0.933 bits per heavy atom. The number of carbonyl (C=O) groups excluding carboxylic acids is 1. The Kier molecular flexibility index (Phi) is 6.81. The zero-order valence-electron chi connectivity index (χ0n) is 16.8. The number of pyridine rings is 1. The molecule has 0 spiro atoms. The molecule has 0 aliphatic rings. The largest absolute Gasteiger partial charge is 0.457 e. The van der Waals surface area contributed by atoms with Crippen molar-refractivity contribution in [2.24, 2.45) is 0 Å². The molecule has 8 heteroatoms. The van der Waals surface area contributed by atoms with Crippen LogP contribution in [-0.4, -0.2) is 38.7 Å². The zero-order chi connectivity index (χ0) is 21.6. The molecule has 0 bridgehead atoms. The Labute approximate surface area is 176 Å². The molecule has 3 rings (SSSR count). The molecule has 2 N–H and O–H groups in total. The summed E-state index contributed by atoms with van der Waals surface area (Å²) in [4.78, 5) is 16.7. The number of carbonyl (C=O) groups is 1. The Balaban J connectivity index is 1.63. The molecule has 2 aromatic carbocycles. The van der Waals surface area contributed by atoms with Crippen LogP contribution in [0.25, 0.3) is 11.3 Å². The van der Waals surface area contributed by atoms with E-state index in [4.69, 9.17) is 4.74 Å². The summed E-state index contributed by atoms with van der Waals surface area (Å²) in [5.74, 6) is 1.09. The van der Waals surface area contributed by atoms with Crippen molar-refractivity contribution in [2.45, 2.75) is 6.92 Å². The lowest BCUT2D eigenvalue weighted by atomic mass is 10.1. The van der Waals surface area contributed by atoms with Gasteiger partial charge in [0.25, 0.3) is 5.91 Å². The average Bonchev–Trinajstić information content (AvgIpc) is 2.73. The molecular weight excluding hydrogens is 402 g/mol. The van der Waals surface area contributed by atoms with Crippen molar-refractivity contribution >= 4 is 15.9 Å². The first-order valence-electron chi connectivity index (χ1n) is 9.35. The van der Waals surface area contributed by atoms with E-state index >= 15 is 0 Å². The molecule has 1 amide bonds. The van der Waals surface area contributed by atoms with Gasteiger partial charge in [-0.05, 0) is 55.5 Å². The number of nitrogens with zero attached hydrogens (tertiary/aromatic N) is 1. The van der Waals surface area contributed by atoms with Gasteiger partial charge in [0, 0.05) is 18.7 Å². The van der Waals surface area contributed by atoms with Crippen LogP contribution in [0, 0.1) is 6.92 Å². The fourth-order valence-electron chi connectivity index (χ4n) is 2.66. The lowest BCUT2D eigenvalue weighted by Gasteiger charge is -2.09. The zero-order valence-corrected chi connectivity index (χ0v) is 17.6. The van der Waals surface area contributed by atoms with Crippen LogP contribution in [-0.2, 0) is 10.0 Å². The number of hydrogen-bond acceptors (Lipinski definition) is 5. The van der Waals surface area contributed by atoms with Crippen molar-refractivity contribution in [1.82, 2.24) is 15.0 Å². The van der Waals surface area contributed by atoms with Crippen LogP contribution in [0.4, 0.5) is 0 Å². The van der Waals surface area contributed by atoms with E-state index in [0.29, 0.717) is 11.4 Å². The number of nitrogens with one attached hydrogen (secondary N) is 2. The smallest absolute Gasteiger partial charge is 0.269 e. The van der Waals surface area contributed by atoms with E-state index < -0.39 is 10.0 Å². The van der Waals surface area contributed by atoms with Crippen molar-refractivity contribution in [2.75, 3.05) is 19.3 Å². The van der Waals surface area contributed by atoms with Gasteiger partial charge in [-0.15, -0.1) is 0 Å². The number of aromatic nitrogens is 1. The lowest BCUT2D eigenvalue weighted by molar-refractivity contribution is 0.0949. The third kappa shape index (κ3) is 6.40. The van der Waals surface area contributed by atoms with E-state index in [2.05, 4.69) is 15.0 Å². The molecule has 0 unspecified atom stereocenters. The minimum Gasteiger partial charge on any atom is -0.457 e. The summed E-state index contributed by atoms with van der Waals surface area (Å²) in [5, 5.41) is 2.64. The molecule has 0 aliphatic heterocycles. The second kappa shape index (κ2) is 9.51. The highest BCUT2D eigenvalue weighted by Gasteiger charge is 2.09. The number of sulfonamides is 1. The first-order valence-corrected chi connectivity index (χ1v) is 11.2. The maximum atomic E-state index is 12.3. The van der Waals surface area contributed by atoms with Crippen LogP contribution >= 0.6 is 0 Å². The molecule has 1 aromatic heterocycles. The summed E-state index contributed by atoms with van der Waals surface area (Å²) in [6.07, 6.45) is 1.07. The van der Waals surface area contributed by atoms with E-state index in [9.17, 15) is 13.2 Å². The number of rotatable bonds is 8. The maximum absolute atomic E-state index is 12.3. The van der Waals surface area contributed by atoms with Gasteiger partial charge in [-0.2, -0.15) is 0 Å². The van der Waals surface area contributed by atoms with Crippen LogP contribution in [0.5, 0.6) is 11.5 Å². The minimum absolute atomic E-state index is 0.118. The predicted molar refractivity (Wildman–Crippen MR) is 116 cm³/mol. The third-order valence-corrected chi connectivity index (χ3v) is 4.89. The van der Waals surface area contributed by atoms with E-state index in [1.807, 2.05) is 61.5 Å². The number of ether oxygens (including phenoxy) is 1. The summed E-state index contributed by atoms with van der Waals surface area (Å²) in [5.41, 5.74) is 2.92. The number of aryl methyl sites for hydroxylation is 1. The first kappa shape index (κ1) is 21.5. The molecule has 7 nitrogen and oxygen atoms in total. The molecule has 0 aliphatic carbocycles. The van der Waals surface area contributed by atoms with E-state index in [1.54, 1.807) is 12.1 Å². The van der Waals surface area contributed by atoms with Crippen LogP contribution in [0.1, 0.15) is 16.1 Å². The van der Waals surface area contributed by atoms with Crippen LogP contribution in [0.2, 0.25) is 0 Å². The second-order valence-electron chi connectivity index (χ2n) is 6.77. The highest BCUT2D eigenvalue weighted by atomic mass is 32.2. The molecular formula is C22H23N3O4S. The minimum atomic E-state index is -3.28. The van der Waals surface area contributed by atoms with Crippen LogP contribution in [0.15, 0.2) is 66.7 Å². The van der Waals surface area contributed by atoms with E-state index in [-0.39, 0.29) is 24.7 Å². The van der Waals surface area contributed by atoms with Gasteiger partial charge in [0.2, 0.25) is 10.0 Å². The van der Waals surface area contributed by atoms with Crippen molar-refractivity contribution in [3.63, 3.8) is 0 Å². The fourth-order valence-corrected chi connectivity index (χ4v) is 3.13. The topological polar surface area (TPSA) is 97.4 Å². The van der Waals surface area contributed by atoms with E-state index in [0.717, 1.165) is 17.6 Å². The fraction of sp³-hybridized carbons (Fsp3) is 0.182. The monoisotopic (exact) mass is 425 g/mol. The third-order valence-electron chi connectivity index (χ3n) is 4.16. The molecule has 30 heavy (non-hydrogen) atoms. The maximum Gasteiger partial charge on any atom is 0.269 e. The van der Waals surface area contributed by atoms with Gasteiger partial charge in [-0.3, -0.25) is 4.79 Å². The number of amides is 1. The SMILES string of the molecule is Cc1ccc(Oc2ccc(-c3cccc(C(=O)NCCNS(C)(=O)=O)n3)cc2)cc1. The quantitative estimate of drug-likeness (QED) is 0.541. The van der Waals surface area contributed by atoms with Crippen molar-refractivity contribution in [3.8, 4) is 22.8 Å². The van der Waals surface area contributed by atoms with Gasteiger partial charge in [0.1, 0.15) is 17.2 Å². The molecule has 0 atom stereocenters.